The van der Waals surface area contributed by atoms with E-state index in [4.69, 9.17) is 0 Å². The van der Waals surface area contributed by atoms with Crippen LogP contribution in [0.15, 0.2) is 48.5 Å². The molecule has 1 amide bonds. The molecule has 1 heterocycles. The minimum absolute atomic E-state index is 0.0898. The maximum atomic E-state index is 15.4. The summed E-state index contributed by atoms with van der Waals surface area (Å²) >= 11 is 0. The fourth-order valence-electron chi connectivity index (χ4n) is 3.96. The smallest absolute Gasteiger partial charge is 0.254 e. The topological polar surface area (TPSA) is 86.7 Å². The van der Waals surface area contributed by atoms with E-state index in [0.717, 1.165) is 5.56 Å². The summed E-state index contributed by atoms with van der Waals surface area (Å²) in [6.07, 6.45) is 0.525. The van der Waals surface area contributed by atoms with Crippen molar-refractivity contribution in [2.75, 3.05) is 12.3 Å². The Morgan fingerprint density at radius 1 is 1.19 bits per heavy atom. The normalized spacial score (nSPS) is 19.6. The van der Waals surface area contributed by atoms with Crippen LogP contribution in [0.3, 0.4) is 0 Å². The minimum atomic E-state index is -3.52. The zero-order valence-electron chi connectivity index (χ0n) is 18.0. The summed E-state index contributed by atoms with van der Waals surface area (Å²) in [7, 11) is -3.52. The van der Waals surface area contributed by atoms with Gasteiger partial charge in [0, 0.05) is 18.2 Å². The van der Waals surface area contributed by atoms with E-state index in [9.17, 15) is 18.3 Å². The first-order chi connectivity index (χ1) is 14.5. The molecule has 1 saturated heterocycles. The van der Waals surface area contributed by atoms with Crippen molar-refractivity contribution in [2.24, 2.45) is 0 Å². The van der Waals surface area contributed by atoms with Gasteiger partial charge in [-0.3, -0.25) is 4.79 Å². The summed E-state index contributed by atoms with van der Waals surface area (Å²) in [6, 6.07) is 13.1. The molecular formula is C23H29FN2O4S. The Kier molecular flexibility index (Phi) is 6.83. The molecule has 0 aliphatic carbocycles. The predicted molar refractivity (Wildman–Crippen MR) is 118 cm³/mol. The monoisotopic (exact) mass is 448 g/mol. The van der Waals surface area contributed by atoms with E-state index in [2.05, 4.69) is 4.72 Å². The van der Waals surface area contributed by atoms with E-state index >= 15 is 4.39 Å². The quantitative estimate of drug-likeness (QED) is 0.682. The van der Waals surface area contributed by atoms with Gasteiger partial charge in [-0.1, -0.05) is 48.5 Å². The number of carbonyl (C=O) groups excluding carboxylic acids is 1. The summed E-state index contributed by atoms with van der Waals surface area (Å²) in [4.78, 5) is 14.3. The SMILES string of the molecule is CCS(=O)(=O)N[C@H]1CCN(C(=O)C(C)(C)O)[C@H]1Cc1cccc(-c2ccccc2)c1F. The van der Waals surface area contributed by atoms with Gasteiger partial charge in [-0.05, 0) is 44.7 Å². The minimum Gasteiger partial charge on any atom is -0.381 e. The lowest BCUT2D eigenvalue weighted by atomic mass is 9.95. The van der Waals surface area contributed by atoms with Crippen LogP contribution in [-0.4, -0.2) is 54.3 Å². The molecule has 168 valence electrons. The molecule has 0 bridgehead atoms. The van der Waals surface area contributed by atoms with Crippen LogP contribution in [0.5, 0.6) is 0 Å². The van der Waals surface area contributed by atoms with Gasteiger partial charge in [0.1, 0.15) is 11.4 Å². The maximum Gasteiger partial charge on any atom is 0.254 e. The van der Waals surface area contributed by atoms with Crippen molar-refractivity contribution in [3.05, 3.63) is 59.9 Å². The number of carbonyl (C=O) groups is 1. The van der Waals surface area contributed by atoms with Gasteiger partial charge in [0.15, 0.2) is 0 Å². The number of hydrogen-bond donors (Lipinski definition) is 2. The highest BCUT2D eigenvalue weighted by molar-refractivity contribution is 7.89. The van der Waals surface area contributed by atoms with Crippen molar-refractivity contribution in [1.82, 2.24) is 9.62 Å². The van der Waals surface area contributed by atoms with Crippen LogP contribution in [0.1, 0.15) is 32.8 Å². The molecule has 3 rings (SSSR count). The summed E-state index contributed by atoms with van der Waals surface area (Å²) in [5.41, 5.74) is -0.0353. The van der Waals surface area contributed by atoms with Crippen molar-refractivity contribution in [2.45, 2.75) is 51.3 Å². The summed E-state index contributed by atoms with van der Waals surface area (Å²) in [6.45, 7) is 4.61. The number of nitrogens with one attached hydrogen (secondary N) is 1. The predicted octanol–water partition coefficient (Wildman–Crippen LogP) is 2.71. The first-order valence-corrected chi connectivity index (χ1v) is 12.0. The maximum absolute atomic E-state index is 15.4. The molecular weight excluding hydrogens is 419 g/mol. The lowest BCUT2D eigenvalue weighted by Gasteiger charge is -2.32. The van der Waals surface area contributed by atoms with Gasteiger partial charge in [0.2, 0.25) is 10.0 Å². The van der Waals surface area contributed by atoms with Gasteiger partial charge in [-0.15, -0.1) is 0 Å². The summed E-state index contributed by atoms with van der Waals surface area (Å²) < 4.78 is 42.5. The molecule has 0 unspecified atom stereocenters. The van der Waals surface area contributed by atoms with Gasteiger partial charge < -0.3 is 10.0 Å². The van der Waals surface area contributed by atoms with Gasteiger partial charge >= 0.3 is 0 Å². The van der Waals surface area contributed by atoms with Crippen molar-refractivity contribution < 1.29 is 22.7 Å². The van der Waals surface area contributed by atoms with Crippen LogP contribution in [0, 0.1) is 5.82 Å². The second-order valence-corrected chi connectivity index (χ2v) is 10.4. The Balaban J connectivity index is 1.96. The van der Waals surface area contributed by atoms with Crippen molar-refractivity contribution in [3.8, 4) is 11.1 Å². The van der Waals surface area contributed by atoms with Crippen LogP contribution in [0.2, 0.25) is 0 Å². The lowest BCUT2D eigenvalue weighted by Crippen LogP contribution is -2.52. The highest BCUT2D eigenvalue weighted by Crippen LogP contribution is 2.30. The highest BCUT2D eigenvalue weighted by atomic mass is 32.2. The van der Waals surface area contributed by atoms with Crippen molar-refractivity contribution >= 4 is 15.9 Å². The average molecular weight is 449 g/mol. The van der Waals surface area contributed by atoms with Gasteiger partial charge in [0.05, 0.1) is 11.8 Å². The van der Waals surface area contributed by atoms with Crippen LogP contribution < -0.4 is 4.72 Å². The Hall–Kier alpha value is -2.29. The largest absolute Gasteiger partial charge is 0.381 e. The standard InChI is InChI=1S/C23H29FN2O4S/c1-4-31(29,30)25-19-13-14-26(22(27)23(2,3)28)20(19)15-17-11-8-12-18(21(17)24)16-9-6-5-7-10-16/h5-12,19-20,25,28H,4,13-15H2,1-3H3/t19-,20-/m0/s1. The van der Waals surface area contributed by atoms with Crippen LogP contribution in [0.4, 0.5) is 4.39 Å². The number of rotatable bonds is 7. The number of amides is 1. The molecule has 0 saturated carbocycles. The second-order valence-electron chi connectivity index (χ2n) is 8.39. The number of hydrogen-bond acceptors (Lipinski definition) is 4. The zero-order chi connectivity index (χ0) is 22.8. The molecule has 0 radical (unpaired) electrons. The molecule has 2 aromatic rings. The van der Waals surface area contributed by atoms with E-state index in [1.54, 1.807) is 18.2 Å². The number of nitrogens with zero attached hydrogens (tertiary/aromatic N) is 1. The van der Waals surface area contributed by atoms with E-state index in [0.29, 0.717) is 17.5 Å². The average Bonchev–Trinajstić information content (AvgIpc) is 3.10. The number of aliphatic hydroxyl groups is 1. The van der Waals surface area contributed by atoms with Crippen molar-refractivity contribution in [1.29, 1.82) is 0 Å². The lowest BCUT2D eigenvalue weighted by molar-refractivity contribution is -0.148. The summed E-state index contributed by atoms with van der Waals surface area (Å²) in [5.74, 6) is -0.989. The van der Waals surface area contributed by atoms with Gasteiger partial charge in [0.25, 0.3) is 5.91 Å². The number of likely N-dealkylation sites (tertiary alicyclic amines) is 1. The number of benzene rings is 2. The number of halogens is 1. The van der Waals surface area contributed by atoms with Crippen molar-refractivity contribution in [3.63, 3.8) is 0 Å². The van der Waals surface area contributed by atoms with Crippen LogP contribution >= 0.6 is 0 Å². The van der Waals surface area contributed by atoms with E-state index in [1.165, 1.54) is 25.7 Å². The fourth-order valence-corrected chi connectivity index (χ4v) is 4.87. The van der Waals surface area contributed by atoms with Gasteiger partial charge in [-0.2, -0.15) is 0 Å². The molecule has 2 aromatic carbocycles. The molecule has 2 N–H and O–H groups in total. The molecule has 1 fully saturated rings. The van der Waals surface area contributed by atoms with Gasteiger partial charge in [-0.25, -0.2) is 17.5 Å². The zero-order valence-corrected chi connectivity index (χ0v) is 18.8. The Morgan fingerprint density at radius 3 is 2.48 bits per heavy atom. The molecule has 8 heteroatoms. The molecule has 1 aliphatic rings. The van der Waals surface area contributed by atoms with E-state index in [-0.39, 0.29) is 18.7 Å². The van der Waals surface area contributed by atoms with Crippen LogP contribution in [-0.2, 0) is 21.2 Å². The third-order valence-corrected chi connectivity index (χ3v) is 7.06. The molecule has 0 spiro atoms. The molecule has 6 nitrogen and oxygen atoms in total. The second kappa shape index (κ2) is 9.06. The third-order valence-electron chi connectivity index (χ3n) is 5.63. The van der Waals surface area contributed by atoms with Crippen LogP contribution in [0.25, 0.3) is 11.1 Å². The van der Waals surface area contributed by atoms with E-state index in [1.807, 2.05) is 30.3 Å². The molecule has 2 atom stereocenters. The Bertz CT molecular complexity index is 1040. The molecule has 31 heavy (non-hydrogen) atoms. The third kappa shape index (κ3) is 5.31. The Morgan fingerprint density at radius 2 is 1.87 bits per heavy atom. The number of sulfonamides is 1. The highest BCUT2D eigenvalue weighted by Gasteiger charge is 2.43. The first-order valence-electron chi connectivity index (χ1n) is 10.4. The molecule has 0 aromatic heterocycles. The molecule has 1 aliphatic heterocycles. The Labute approximate surface area is 183 Å². The van der Waals surface area contributed by atoms with E-state index < -0.39 is 39.4 Å². The summed E-state index contributed by atoms with van der Waals surface area (Å²) in [5, 5.41) is 10.2. The fraction of sp³-hybridized carbons (Fsp3) is 0.435. The first kappa shape index (κ1) is 23.4.